The van der Waals surface area contributed by atoms with E-state index in [1.807, 2.05) is 111 Å². The molecule has 1 N–H and O–H groups in total. The van der Waals surface area contributed by atoms with Gasteiger partial charge in [0.15, 0.2) is 0 Å². The molecule has 0 radical (unpaired) electrons. The molecule has 0 aromatic heterocycles. The minimum Gasteiger partial charge on any atom is -0.489 e. The van der Waals surface area contributed by atoms with Crippen LogP contribution in [0.5, 0.6) is 5.75 Å². The van der Waals surface area contributed by atoms with Gasteiger partial charge in [0.2, 0.25) is 0 Å². The molecule has 2 atom stereocenters. The predicted octanol–water partition coefficient (Wildman–Crippen LogP) is 5.38. The van der Waals surface area contributed by atoms with Crippen LogP contribution in [0.4, 0.5) is 4.79 Å². The molecule has 3 aromatic carbocycles. The largest absolute Gasteiger partial charge is 0.489 e. The first-order valence-corrected chi connectivity index (χ1v) is 12.0. The number of aliphatic hydroxyl groups is 1. The summed E-state index contributed by atoms with van der Waals surface area (Å²) in [5, 5.41) is 11.5. The van der Waals surface area contributed by atoms with Crippen LogP contribution in [0.25, 0.3) is 0 Å². The molecule has 4 rings (SSSR count). The molecular formula is C29H34N2O4. The van der Waals surface area contributed by atoms with Gasteiger partial charge in [-0.1, -0.05) is 72.8 Å². The maximum Gasteiger partial charge on any atom is 0.410 e. The van der Waals surface area contributed by atoms with Gasteiger partial charge in [-0.25, -0.2) is 4.79 Å². The molecule has 1 aliphatic heterocycles. The molecule has 6 heteroatoms. The van der Waals surface area contributed by atoms with Crippen molar-refractivity contribution in [3.8, 4) is 5.75 Å². The lowest BCUT2D eigenvalue weighted by Gasteiger charge is -2.45. The van der Waals surface area contributed by atoms with E-state index in [-0.39, 0.29) is 0 Å². The molecule has 0 saturated carbocycles. The average Bonchev–Trinajstić information content (AvgIpc) is 2.84. The van der Waals surface area contributed by atoms with Crippen molar-refractivity contribution in [2.75, 3.05) is 13.1 Å². The number of nitrogens with zero attached hydrogens (tertiary/aromatic N) is 2. The molecule has 35 heavy (non-hydrogen) atoms. The Kier molecular flexibility index (Phi) is 7.73. The van der Waals surface area contributed by atoms with Gasteiger partial charge in [0.05, 0.1) is 0 Å². The van der Waals surface area contributed by atoms with Crippen LogP contribution in [0, 0.1) is 0 Å². The fourth-order valence-corrected chi connectivity index (χ4v) is 4.27. The van der Waals surface area contributed by atoms with Gasteiger partial charge in [0.25, 0.3) is 0 Å². The molecular weight excluding hydrogens is 440 g/mol. The molecule has 2 unspecified atom stereocenters. The van der Waals surface area contributed by atoms with Crippen molar-refractivity contribution in [2.24, 2.45) is 0 Å². The second kappa shape index (κ2) is 10.9. The number of hydrogen-bond donors (Lipinski definition) is 1. The monoisotopic (exact) mass is 474 g/mol. The maximum absolute atomic E-state index is 13.1. The van der Waals surface area contributed by atoms with E-state index in [1.54, 1.807) is 4.90 Å². The average molecular weight is 475 g/mol. The summed E-state index contributed by atoms with van der Waals surface area (Å²) in [5.74, 6) is 0.683. The molecule has 1 saturated heterocycles. The van der Waals surface area contributed by atoms with Crippen LogP contribution in [-0.4, -0.2) is 45.9 Å². The molecule has 1 amide bonds. The molecule has 1 fully saturated rings. The van der Waals surface area contributed by atoms with E-state index in [9.17, 15) is 9.90 Å². The number of carbonyl (C=O) groups excluding carboxylic acids is 1. The first-order chi connectivity index (χ1) is 16.8. The highest BCUT2D eigenvalue weighted by atomic mass is 16.6. The Bertz CT molecular complexity index is 1100. The minimum atomic E-state index is -0.902. The fraction of sp³-hybridized carbons (Fsp3) is 0.345. The summed E-state index contributed by atoms with van der Waals surface area (Å²) in [6.45, 7) is 7.55. The summed E-state index contributed by atoms with van der Waals surface area (Å²) >= 11 is 0. The van der Waals surface area contributed by atoms with Gasteiger partial charge in [-0.15, -0.1) is 0 Å². The molecule has 1 heterocycles. The first-order valence-electron chi connectivity index (χ1n) is 12.0. The van der Waals surface area contributed by atoms with Crippen LogP contribution in [0.2, 0.25) is 0 Å². The lowest BCUT2D eigenvalue weighted by Crippen LogP contribution is -2.56. The van der Waals surface area contributed by atoms with Gasteiger partial charge in [0, 0.05) is 19.6 Å². The van der Waals surface area contributed by atoms with Gasteiger partial charge < -0.3 is 14.6 Å². The third kappa shape index (κ3) is 6.62. The Morgan fingerprint density at radius 1 is 0.914 bits per heavy atom. The van der Waals surface area contributed by atoms with E-state index in [1.165, 1.54) is 0 Å². The van der Waals surface area contributed by atoms with Gasteiger partial charge >= 0.3 is 6.09 Å². The van der Waals surface area contributed by atoms with Crippen LogP contribution in [0.3, 0.4) is 0 Å². The molecule has 184 valence electrons. The molecule has 0 bridgehead atoms. The smallest absolute Gasteiger partial charge is 0.410 e. The Morgan fingerprint density at radius 2 is 1.57 bits per heavy atom. The van der Waals surface area contributed by atoms with Crippen LogP contribution in [0.15, 0.2) is 84.9 Å². The molecule has 0 spiro atoms. The van der Waals surface area contributed by atoms with Crippen LogP contribution in [0.1, 0.15) is 43.5 Å². The van der Waals surface area contributed by atoms with Crippen molar-refractivity contribution < 1.29 is 19.4 Å². The van der Waals surface area contributed by atoms with Crippen LogP contribution in [-0.2, 0) is 17.9 Å². The number of piperazine rings is 1. The van der Waals surface area contributed by atoms with Gasteiger partial charge in [-0.2, -0.15) is 0 Å². The van der Waals surface area contributed by atoms with E-state index in [0.717, 1.165) is 16.7 Å². The van der Waals surface area contributed by atoms with Crippen LogP contribution < -0.4 is 4.74 Å². The first kappa shape index (κ1) is 24.8. The molecule has 3 aromatic rings. The third-order valence-corrected chi connectivity index (χ3v) is 5.92. The number of carbonyl (C=O) groups is 1. The number of benzene rings is 3. The van der Waals surface area contributed by atoms with E-state index in [2.05, 4.69) is 0 Å². The number of rotatable bonds is 6. The predicted molar refractivity (Wildman–Crippen MR) is 136 cm³/mol. The van der Waals surface area contributed by atoms with E-state index < -0.39 is 24.0 Å². The van der Waals surface area contributed by atoms with E-state index in [4.69, 9.17) is 9.47 Å². The Balaban J connectivity index is 1.58. The van der Waals surface area contributed by atoms with Gasteiger partial charge in [-0.3, -0.25) is 9.80 Å². The summed E-state index contributed by atoms with van der Waals surface area (Å²) < 4.78 is 11.7. The lowest BCUT2D eigenvalue weighted by atomic mass is 9.99. The summed E-state index contributed by atoms with van der Waals surface area (Å²) in [4.78, 5) is 16.8. The topological polar surface area (TPSA) is 62.2 Å². The van der Waals surface area contributed by atoms with Crippen molar-refractivity contribution in [1.82, 2.24) is 9.80 Å². The second-order valence-electron chi connectivity index (χ2n) is 9.84. The summed E-state index contributed by atoms with van der Waals surface area (Å²) in [7, 11) is 0. The zero-order valence-corrected chi connectivity index (χ0v) is 20.6. The lowest BCUT2D eigenvalue weighted by molar-refractivity contribution is -0.103. The third-order valence-electron chi connectivity index (χ3n) is 5.92. The van der Waals surface area contributed by atoms with Crippen molar-refractivity contribution in [3.05, 3.63) is 102 Å². The van der Waals surface area contributed by atoms with Crippen LogP contribution >= 0.6 is 0 Å². The van der Waals surface area contributed by atoms with Crippen molar-refractivity contribution in [2.45, 2.75) is 51.8 Å². The standard InChI is InChI=1S/C29H34N2O4/c1-29(2,3)35-28(33)31-18-17-30(20-22-11-6-4-7-12-22)27(32)26(31)24-15-10-16-25(19-24)34-21-23-13-8-5-9-14-23/h4-16,19,26-27,32H,17-18,20-21H2,1-3H3. The Hall–Kier alpha value is -3.35. The Labute approximate surface area is 207 Å². The zero-order valence-electron chi connectivity index (χ0n) is 20.6. The number of hydrogen-bond acceptors (Lipinski definition) is 5. The molecule has 6 nitrogen and oxygen atoms in total. The highest BCUT2D eigenvalue weighted by Crippen LogP contribution is 2.34. The summed E-state index contributed by atoms with van der Waals surface area (Å²) in [6, 6.07) is 27.0. The van der Waals surface area contributed by atoms with Gasteiger partial charge in [0.1, 0.15) is 30.2 Å². The highest BCUT2D eigenvalue weighted by Gasteiger charge is 2.40. The highest BCUT2D eigenvalue weighted by molar-refractivity contribution is 5.69. The minimum absolute atomic E-state index is 0.434. The summed E-state index contributed by atoms with van der Waals surface area (Å²) in [5.41, 5.74) is 2.34. The maximum atomic E-state index is 13.1. The van der Waals surface area contributed by atoms with Crippen molar-refractivity contribution >= 4 is 6.09 Å². The zero-order chi connectivity index (χ0) is 24.8. The van der Waals surface area contributed by atoms with E-state index in [0.29, 0.717) is 32.0 Å². The Morgan fingerprint density at radius 3 is 2.23 bits per heavy atom. The normalized spacial score (nSPS) is 18.8. The van der Waals surface area contributed by atoms with Crippen molar-refractivity contribution in [3.63, 3.8) is 0 Å². The number of aliphatic hydroxyl groups excluding tert-OH is 1. The molecule has 0 aliphatic carbocycles. The summed E-state index contributed by atoms with van der Waals surface area (Å²) in [6.07, 6.45) is -1.34. The van der Waals surface area contributed by atoms with E-state index >= 15 is 0 Å². The number of ether oxygens (including phenoxy) is 2. The van der Waals surface area contributed by atoms with Crippen molar-refractivity contribution in [1.29, 1.82) is 0 Å². The quantitative estimate of drug-likeness (QED) is 0.520. The number of amides is 1. The van der Waals surface area contributed by atoms with Gasteiger partial charge in [-0.05, 0) is 49.6 Å². The molecule has 1 aliphatic rings. The second-order valence-corrected chi connectivity index (χ2v) is 9.84. The fourth-order valence-electron chi connectivity index (χ4n) is 4.27. The SMILES string of the molecule is CC(C)(C)OC(=O)N1CCN(Cc2ccccc2)C(O)C1c1cccc(OCc2ccccc2)c1.